The smallest absolute Gasteiger partial charge is 0.283 e. The molecule has 134 valence electrons. The highest BCUT2D eigenvalue weighted by Gasteiger charge is 2.24. The van der Waals surface area contributed by atoms with Crippen LogP contribution in [0.15, 0.2) is 41.3 Å². The first-order chi connectivity index (χ1) is 10.6. The maximum absolute atomic E-state index is 12.7. The molecule has 0 atom stereocenters. The van der Waals surface area contributed by atoms with Gasteiger partial charge in [0.1, 0.15) is 5.82 Å². The topological polar surface area (TPSA) is 90.0 Å². The summed E-state index contributed by atoms with van der Waals surface area (Å²) in [5.41, 5.74) is 6.41. The summed E-state index contributed by atoms with van der Waals surface area (Å²) < 4.78 is 26.6. The summed E-state index contributed by atoms with van der Waals surface area (Å²) in [7, 11) is -3.69. The molecule has 3 rings (SSSR count). The lowest BCUT2D eigenvalue weighted by Crippen LogP contribution is -2.29. The fraction of sp³-hybridized carbons (Fsp3) is 0.400. The normalized spacial score (nSPS) is 15.3. The largest absolute Gasteiger partial charge is 0.382 e. The Kier molecular flexibility index (Phi) is 7.54. The molecule has 9 heteroatoms. The molecule has 24 heavy (non-hydrogen) atoms. The van der Waals surface area contributed by atoms with Gasteiger partial charge < -0.3 is 11.1 Å². The number of rotatable bonds is 4. The van der Waals surface area contributed by atoms with Gasteiger partial charge in [0, 0.05) is 6.07 Å². The highest BCUT2D eigenvalue weighted by Crippen LogP contribution is 2.22. The predicted octanol–water partition coefficient (Wildman–Crippen LogP) is 2.09. The molecule has 1 aromatic heterocycles. The van der Waals surface area contributed by atoms with Gasteiger partial charge in [-0.15, -0.1) is 29.9 Å². The van der Waals surface area contributed by atoms with Gasteiger partial charge in [0.15, 0.2) is 0 Å². The van der Waals surface area contributed by atoms with Crippen molar-refractivity contribution in [2.45, 2.75) is 24.2 Å². The third kappa shape index (κ3) is 4.42. The Morgan fingerprint density at radius 1 is 1.17 bits per heavy atom. The fourth-order valence-electron chi connectivity index (χ4n) is 2.84. The summed E-state index contributed by atoms with van der Waals surface area (Å²) in [5.74, 6) is 0.700. The molecule has 0 spiro atoms. The molecule has 6 nitrogen and oxygen atoms in total. The number of piperidine rings is 1. The number of hydrogen-bond donors (Lipinski definition) is 2. The average Bonchev–Trinajstić information content (AvgIpc) is 2.90. The maximum atomic E-state index is 12.7. The average molecular weight is 393 g/mol. The van der Waals surface area contributed by atoms with Crippen molar-refractivity contribution >= 4 is 40.7 Å². The first-order valence-corrected chi connectivity index (χ1v) is 8.87. The highest BCUT2D eigenvalue weighted by atomic mass is 35.5. The van der Waals surface area contributed by atoms with Crippen LogP contribution in [0.1, 0.15) is 18.5 Å². The molecule has 0 unspecified atom stereocenters. The second-order valence-corrected chi connectivity index (χ2v) is 7.39. The van der Waals surface area contributed by atoms with Gasteiger partial charge in [0.25, 0.3) is 10.0 Å². The van der Waals surface area contributed by atoms with Crippen LogP contribution in [0.25, 0.3) is 0 Å². The van der Waals surface area contributed by atoms with Crippen molar-refractivity contribution in [1.29, 1.82) is 0 Å². The first-order valence-electron chi connectivity index (χ1n) is 7.43. The van der Waals surface area contributed by atoms with Crippen LogP contribution in [-0.2, 0) is 16.4 Å². The van der Waals surface area contributed by atoms with E-state index in [-0.39, 0.29) is 35.5 Å². The second-order valence-electron chi connectivity index (χ2n) is 5.62. The van der Waals surface area contributed by atoms with Gasteiger partial charge in [0.05, 0.1) is 10.6 Å². The minimum atomic E-state index is -3.69. The number of benzene rings is 1. The highest BCUT2D eigenvalue weighted by molar-refractivity contribution is 7.89. The van der Waals surface area contributed by atoms with Crippen LogP contribution in [0.2, 0.25) is 0 Å². The lowest BCUT2D eigenvalue weighted by atomic mass is 9.93. The van der Waals surface area contributed by atoms with Gasteiger partial charge in [-0.3, -0.25) is 0 Å². The number of halogens is 2. The molecule has 1 saturated heterocycles. The molecule has 1 aromatic carbocycles. The number of hydrogen-bond acceptors (Lipinski definition) is 5. The van der Waals surface area contributed by atoms with Crippen molar-refractivity contribution in [1.82, 2.24) is 14.5 Å². The minimum Gasteiger partial charge on any atom is -0.382 e. The second kappa shape index (κ2) is 8.71. The zero-order valence-corrected chi connectivity index (χ0v) is 15.5. The molecule has 0 bridgehead atoms. The van der Waals surface area contributed by atoms with E-state index in [1.165, 1.54) is 0 Å². The Morgan fingerprint density at radius 2 is 1.79 bits per heavy atom. The summed E-state index contributed by atoms with van der Waals surface area (Å²) in [5, 5.41) is 7.33. The maximum Gasteiger partial charge on any atom is 0.283 e. The summed E-state index contributed by atoms with van der Waals surface area (Å²) >= 11 is 0. The van der Waals surface area contributed by atoms with Gasteiger partial charge >= 0.3 is 0 Å². The van der Waals surface area contributed by atoms with Crippen LogP contribution < -0.4 is 11.1 Å². The van der Waals surface area contributed by atoms with Crippen molar-refractivity contribution in [3.8, 4) is 0 Å². The Morgan fingerprint density at radius 3 is 2.42 bits per heavy atom. The van der Waals surface area contributed by atoms with Crippen LogP contribution in [0, 0.1) is 5.92 Å². The Bertz CT molecular complexity index is 744. The number of nitrogens with one attached hydrogen (secondary N) is 1. The molecule has 3 N–H and O–H groups in total. The van der Waals surface area contributed by atoms with E-state index in [0.29, 0.717) is 18.0 Å². The molecular formula is C15H22Cl2N4O2S. The van der Waals surface area contributed by atoms with Crippen LogP contribution in [-0.4, -0.2) is 30.7 Å². The summed E-state index contributed by atoms with van der Waals surface area (Å²) in [4.78, 5) is 0.227. The van der Waals surface area contributed by atoms with E-state index >= 15 is 0 Å². The zero-order chi connectivity index (χ0) is 15.6. The van der Waals surface area contributed by atoms with E-state index in [1.807, 2.05) is 0 Å². The Hall–Kier alpha value is -1.28. The number of nitrogens with two attached hydrogens (primary N) is 1. The van der Waals surface area contributed by atoms with E-state index in [4.69, 9.17) is 5.73 Å². The number of nitrogens with zero attached hydrogens (tertiary/aromatic N) is 2. The number of anilines is 1. The number of aromatic nitrogens is 2. The van der Waals surface area contributed by atoms with Crippen molar-refractivity contribution in [2.75, 3.05) is 18.8 Å². The molecular weight excluding hydrogens is 371 g/mol. The third-order valence-corrected chi connectivity index (χ3v) is 5.63. The van der Waals surface area contributed by atoms with Crippen molar-refractivity contribution in [3.63, 3.8) is 0 Å². The van der Waals surface area contributed by atoms with E-state index in [0.717, 1.165) is 30.0 Å². The van der Waals surface area contributed by atoms with E-state index in [9.17, 15) is 8.42 Å². The zero-order valence-electron chi connectivity index (χ0n) is 13.1. The minimum absolute atomic E-state index is 0. The fourth-order valence-corrected chi connectivity index (χ4v) is 4.18. The number of nitrogen functional groups attached to an aromatic ring is 1. The van der Waals surface area contributed by atoms with Gasteiger partial charge in [-0.25, -0.2) is 0 Å². The Labute approximate surface area is 154 Å². The SMILES string of the molecule is Cl.Cl.Nc1cc(CC2CCNCC2)n(S(=O)(=O)c2ccccc2)n1. The van der Waals surface area contributed by atoms with Crippen LogP contribution in [0.3, 0.4) is 0 Å². The summed E-state index contributed by atoms with van der Waals surface area (Å²) in [6.07, 6.45) is 2.75. The standard InChI is InChI=1S/C15H20N4O2S.2ClH/c16-15-11-13(10-12-6-8-17-9-7-12)19(18-15)22(20,21)14-4-2-1-3-5-14;;/h1-5,11-12,17H,6-10H2,(H2,16,18);2*1H. The van der Waals surface area contributed by atoms with Gasteiger partial charge in [-0.1, -0.05) is 18.2 Å². The molecule has 0 amide bonds. The molecule has 0 aliphatic carbocycles. The quantitative estimate of drug-likeness (QED) is 0.830. The van der Waals surface area contributed by atoms with Crippen molar-refractivity contribution < 1.29 is 8.42 Å². The van der Waals surface area contributed by atoms with E-state index in [1.54, 1.807) is 36.4 Å². The van der Waals surface area contributed by atoms with Gasteiger partial charge in [-0.05, 0) is 50.4 Å². The summed E-state index contributed by atoms with van der Waals surface area (Å²) in [6, 6.07) is 10.00. The molecule has 1 fully saturated rings. The van der Waals surface area contributed by atoms with Gasteiger partial charge in [-0.2, -0.15) is 12.5 Å². The molecule has 1 aliphatic heterocycles. The molecule has 0 saturated carbocycles. The van der Waals surface area contributed by atoms with Crippen LogP contribution in [0.5, 0.6) is 0 Å². The van der Waals surface area contributed by atoms with E-state index < -0.39 is 10.0 Å². The third-order valence-electron chi connectivity index (χ3n) is 3.99. The summed E-state index contributed by atoms with van der Waals surface area (Å²) in [6.45, 7) is 1.94. The van der Waals surface area contributed by atoms with Crippen molar-refractivity contribution in [2.24, 2.45) is 5.92 Å². The molecule has 1 aliphatic rings. The molecule has 2 aromatic rings. The van der Waals surface area contributed by atoms with Crippen LogP contribution >= 0.6 is 24.8 Å². The first kappa shape index (κ1) is 20.8. The monoisotopic (exact) mass is 392 g/mol. The van der Waals surface area contributed by atoms with Gasteiger partial charge in [0.2, 0.25) is 0 Å². The lowest BCUT2D eigenvalue weighted by molar-refractivity contribution is 0.368. The predicted molar refractivity (Wildman–Crippen MR) is 99.5 cm³/mol. The molecule has 2 heterocycles. The van der Waals surface area contributed by atoms with Crippen molar-refractivity contribution in [3.05, 3.63) is 42.1 Å². The van der Waals surface area contributed by atoms with E-state index in [2.05, 4.69) is 10.4 Å². The lowest BCUT2D eigenvalue weighted by Gasteiger charge is -2.22. The Balaban J connectivity index is 0.00000144. The molecule has 0 radical (unpaired) electrons. The van der Waals surface area contributed by atoms with Crippen LogP contribution in [0.4, 0.5) is 5.82 Å².